The van der Waals surface area contributed by atoms with Crippen LogP contribution in [0.25, 0.3) is 6.08 Å². The highest BCUT2D eigenvalue weighted by molar-refractivity contribution is 5.91. The van der Waals surface area contributed by atoms with Gasteiger partial charge in [0.1, 0.15) is 6.61 Å². The zero-order chi connectivity index (χ0) is 13.9. The van der Waals surface area contributed by atoms with E-state index in [0.717, 1.165) is 5.56 Å². The molecule has 0 atom stereocenters. The highest BCUT2D eigenvalue weighted by Crippen LogP contribution is 2.00. The van der Waals surface area contributed by atoms with E-state index in [1.165, 1.54) is 6.08 Å². The van der Waals surface area contributed by atoms with E-state index in [0.29, 0.717) is 0 Å². The van der Waals surface area contributed by atoms with Crippen molar-refractivity contribution in [3.63, 3.8) is 0 Å². The molecule has 102 valence electrons. The van der Waals surface area contributed by atoms with Crippen LogP contribution >= 0.6 is 0 Å². The van der Waals surface area contributed by atoms with Crippen LogP contribution < -0.4 is 5.32 Å². The summed E-state index contributed by atoms with van der Waals surface area (Å²) < 4.78 is 9.26. The number of carbonyl (C=O) groups is 2. The normalized spacial score (nSPS) is 10.2. The molecule has 0 unspecified atom stereocenters. The van der Waals surface area contributed by atoms with Gasteiger partial charge in [-0.15, -0.1) is 0 Å². The molecule has 0 heterocycles. The van der Waals surface area contributed by atoms with Crippen LogP contribution in [-0.2, 0) is 14.3 Å². The van der Waals surface area contributed by atoms with Gasteiger partial charge in [-0.05, 0) is 18.6 Å². The summed E-state index contributed by atoms with van der Waals surface area (Å²) in [7, 11) is 0. The number of hydrogen-bond donors (Lipinski definition) is 1. The summed E-state index contributed by atoms with van der Waals surface area (Å²) in [6, 6.07) is 9.49. The van der Waals surface area contributed by atoms with Crippen LogP contribution in [0.1, 0.15) is 12.5 Å². The van der Waals surface area contributed by atoms with Gasteiger partial charge in [-0.3, -0.25) is 4.79 Å². The molecule has 0 aliphatic carbocycles. The highest BCUT2D eigenvalue weighted by atomic mass is 16.7. The Hall–Kier alpha value is -2.30. The van der Waals surface area contributed by atoms with Gasteiger partial charge in [-0.2, -0.15) is 0 Å². The highest BCUT2D eigenvalue weighted by Gasteiger charge is 2.01. The lowest BCUT2D eigenvalue weighted by Crippen LogP contribution is -2.26. The molecular weight excluding hydrogens is 246 g/mol. The largest absolute Gasteiger partial charge is 0.508 e. The van der Waals surface area contributed by atoms with Gasteiger partial charge in [0.2, 0.25) is 5.91 Å². The summed E-state index contributed by atoms with van der Waals surface area (Å²) in [4.78, 5) is 22.2. The van der Waals surface area contributed by atoms with E-state index in [-0.39, 0.29) is 25.7 Å². The van der Waals surface area contributed by atoms with Gasteiger partial charge in [-0.25, -0.2) is 4.79 Å². The van der Waals surface area contributed by atoms with Crippen molar-refractivity contribution in [2.45, 2.75) is 6.92 Å². The third-order valence-corrected chi connectivity index (χ3v) is 2.11. The molecule has 0 aliphatic heterocycles. The van der Waals surface area contributed by atoms with E-state index in [2.05, 4.69) is 10.1 Å². The van der Waals surface area contributed by atoms with Crippen LogP contribution in [0.3, 0.4) is 0 Å². The second kappa shape index (κ2) is 8.74. The van der Waals surface area contributed by atoms with Crippen LogP contribution in [0.4, 0.5) is 4.79 Å². The van der Waals surface area contributed by atoms with E-state index >= 15 is 0 Å². The van der Waals surface area contributed by atoms with Gasteiger partial charge < -0.3 is 14.8 Å². The molecule has 1 aromatic carbocycles. The number of ether oxygens (including phenoxy) is 2. The minimum atomic E-state index is -0.725. The van der Waals surface area contributed by atoms with Gasteiger partial charge in [0.15, 0.2) is 0 Å². The van der Waals surface area contributed by atoms with Gasteiger partial charge in [0.25, 0.3) is 0 Å². The first-order valence-electron chi connectivity index (χ1n) is 6.03. The van der Waals surface area contributed by atoms with Crippen molar-refractivity contribution < 1.29 is 19.1 Å². The third kappa shape index (κ3) is 6.88. The van der Waals surface area contributed by atoms with Crippen LogP contribution in [0.2, 0.25) is 0 Å². The minimum Gasteiger partial charge on any atom is -0.435 e. The third-order valence-electron chi connectivity index (χ3n) is 2.11. The van der Waals surface area contributed by atoms with E-state index in [1.54, 1.807) is 13.0 Å². The molecule has 5 heteroatoms. The van der Waals surface area contributed by atoms with Crippen molar-refractivity contribution in [1.82, 2.24) is 5.32 Å². The Bertz CT molecular complexity index is 428. The summed E-state index contributed by atoms with van der Waals surface area (Å²) in [5.41, 5.74) is 0.945. The fourth-order valence-electron chi connectivity index (χ4n) is 1.26. The molecule has 0 radical (unpaired) electrons. The predicted molar refractivity (Wildman–Crippen MR) is 71.5 cm³/mol. The summed E-state index contributed by atoms with van der Waals surface area (Å²) in [6.07, 6.45) is 2.41. The van der Waals surface area contributed by atoms with E-state index in [4.69, 9.17) is 4.74 Å². The van der Waals surface area contributed by atoms with Crippen molar-refractivity contribution in [1.29, 1.82) is 0 Å². The maximum Gasteiger partial charge on any atom is 0.508 e. The fraction of sp³-hybridized carbons (Fsp3) is 0.286. The number of hydrogen-bond acceptors (Lipinski definition) is 4. The molecule has 0 spiro atoms. The maximum absolute atomic E-state index is 11.4. The number of benzene rings is 1. The number of carbonyl (C=O) groups excluding carboxylic acids is 2. The van der Waals surface area contributed by atoms with E-state index < -0.39 is 6.16 Å². The molecule has 0 aromatic heterocycles. The standard InChI is InChI=1S/C14H17NO4/c1-2-18-14(17)19-11-10-15-13(16)9-8-12-6-4-3-5-7-12/h3-9H,2,10-11H2,1H3,(H,15,16). The SMILES string of the molecule is CCOC(=O)OCCNC(=O)C=Cc1ccccc1. The Morgan fingerprint density at radius 3 is 2.63 bits per heavy atom. The molecule has 5 nitrogen and oxygen atoms in total. The molecule has 0 aliphatic rings. The van der Waals surface area contributed by atoms with E-state index in [9.17, 15) is 9.59 Å². The summed E-state index contributed by atoms with van der Waals surface area (Å²) in [5.74, 6) is -0.240. The lowest BCUT2D eigenvalue weighted by atomic mass is 10.2. The van der Waals surface area contributed by atoms with Gasteiger partial charge in [0, 0.05) is 6.08 Å². The first kappa shape index (κ1) is 14.8. The summed E-state index contributed by atoms with van der Waals surface area (Å²) in [5, 5.41) is 2.59. The zero-order valence-corrected chi connectivity index (χ0v) is 10.8. The first-order valence-corrected chi connectivity index (χ1v) is 6.03. The molecule has 0 fully saturated rings. The lowest BCUT2D eigenvalue weighted by molar-refractivity contribution is -0.116. The minimum absolute atomic E-state index is 0.0871. The second-order valence-electron chi connectivity index (χ2n) is 3.57. The van der Waals surface area contributed by atoms with Crippen molar-refractivity contribution in [3.8, 4) is 0 Å². The summed E-state index contributed by atoms with van der Waals surface area (Å²) in [6.45, 7) is 2.29. The Morgan fingerprint density at radius 2 is 1.95 bits per heavy atom. The van der Waals surface area contributed by atoms with Gasteiger partial charge >= 0.3 is 6.16 Å². The topological polar surface area (TPSA) is 64.6 Å². The first-order chi connectivity index (χ1) is 9.22. The Morgan fingerprint density at radius 1 is 1.21 bits per heavy atom. The number of amides is 1. The Balaban J connectivity index is 2.18. The molecule has 1 aromatic rings. The van der Waals surface area contributed by atoms with Crippen molar-refractivity contribution in [2.24, 2.45) is 0 Å². The molecule has 19 heavy (non-hydrogen) atoms. The molecule has 0 saturated carbocycles. The number of nitrogens with one attached hydrogen (secondary N) is 1. The average molecular weight is 263 g/mol. The number of rotatable bonds is 6. The van der Waals surface area contributed by atoms with Crippen LogP contribution in [-0.4, -0.2) is 31.8 Å². The fourth-order valence-corrected chi connectivity index (χ4v) is 1.26. The van der Waals surface area contributed by atoms with Crippen LogP contribution in [0.5, 0.6) is 0 Å². The van der Waals surface area contributed by atoms with Crippen molar-refractivity contribution in [3.05, 3.63) is 42.0 Å². The van der Waals surface area contributed by atoms with Gasteiger partial charge in [0.05, 0.1) is 13.2 Å². The Labute approximate surface area is 112 Å². The molecular formula is C14H17NO4. The summed E-state index contributed by atoms with van der Waals surface area (Å²) >= 11 is 0. The average Bonchev–Trinajstić information content (AvgIpc) is 2.43. The van der Waals surface area contributed by atoms with Crippen molar-refractivity contribution in [2.75, 3.05) is 19.8 Å². The molecule has 1 N–H and O–H groups in total. The van der Waals surface area contributed by atoms with Crippen LogP contribution in [0.15, 0.2) is 36.4 Å². The smallest absolute Gasteiger partial charge is 0.435 e. The molecule has 1 amide bonds. The monoisotopic (exact) mass is 263 g/mol. The predicted octanol–water partition coefficient (Wildman–Crippen LogP) is 1.99. The second-order valence-corrected chi connectivity index (χ2v) is 3.57. The molecule has 0 bridgehead atoms. The van der Waals surface area contributed by atoms with Gasteiger partial charge in [-0.1, -0.05) is 30.3 Å². The molecule has 0 saturated heterocycles. The Kier molecular flexibility index (Phi) is 6.79. The quantitative estimate of drug-likeness (QED) is 0.484. The van der Waals surface area contributed by atoms with Crippen molar-refractivity contribution >= 4 is 18.1 Å². The molecule has 1 rings (SSSR count). The zero-order valence-electron chi connectivity index (χ0n) is 10.8. The lowest BCUT2D eigenvalue weighted by Gasteiger charge is -2.04. The van der Waals surface area contributed by atoms with E-state index in [1.807, 2.05) is 30.3 Å². The van der Waals surface area contributed by atoms with Crippen LogP contribution in [0, 0.1) is 0 Å². The maximum atomic E-state index is 11.4.